The van der Waals surface area contributed by atoms with E-state index in [4.69, 9.17) is 4.74 Å². The topological polar surface area (TPSA) is 109 Å². The first-order valence-electron chi connectivity index (χ1n) is 10.9. The highest BCUT2D eigenvalue weighted by Gasteiger charge is 2.16. The summed E-state index contributed by atoms with van der Waals surface area (Å²) in [5, 5.41) is 13.1. The Morgan fingerprint density at radius 3 is 2.84 bits per heavy atom. The van der Waals surface area contributed by atoms with Gasteiger partial charge in [-0.3, -0.25) is 14.7 Å². The molecule has 0 unspecified atom stereocenters. The molecule has 0 fully saturated rings. The Balaban J connectivity index is 1.29. The minimum Gasteiger partial charge on any atom is -0.494 e. The molecule has 0 radical (unpaired) electrons. The maximum absolute atomic E-state index is 12.5. The molecule has 0 bridgehead atoms. The standard InChI is InChI=1S/C24H27N5O3/c1-15(2)23-27-24(29-28-23)18-6-3-4-7-20(18)26-21(30)8-5-13-32-17-10-11-19-16(14-17)9-12-22(31)25-19/h3-4,6-7,10-11,14-15H,5,8-9,12-13H2,1-2H3,(H,25,31)(H,26,30)(H,27,28,29). The van der Waals surface area contributed by atoms with E-state index in [0.717, 1.165) is 28.4 Å². The van der Waals surface area contributed by atoms with Crippen molar-refractivity contribution in [2.45, 2.75) is 45.4 Å². The molecule has 4 rings (SSSR count). The molecule has 3 aromatic rings. The van der Waals surface area contributed by atoms with Gasteiger partial charge in [0.2, 0.25) is 11.8 Å². The number of hydrogen-bond acceptors (Lipinski definition) is 5. The summed E-state index contributed by atoms with van der Waals surface area (Å²) in [6.45, 7) is 4.52. The minimum absolute atomic E-state index is 0.0437. The predicted molar refractivity (Wildman–Crippen MR) is 123 cm³/mol. The Hall–Kier alpha value is -3.68. The van der Waals surface area contributed by atoms with Crippen LogP contribution in [0.2, 0.25) is 0 Å². The monoisotopic (exact) mass is 433 g/mol. The molecule has 1 aliphatic rings. The van der Waals surface area contributed by atoms with Crippen molar-refractivity contribution in [1.82, 2.24) is 15.2 Å². The zero-order valence-electron chi connectivity index (χ0n) is 18.3. The van der Waals surface area contributed by atoms with Crippen LogP contribution in [0.15, 0.2) is 42.5 Å². The number of carbonyl (C=O) groups is 2. The third-order valence-corrected chi connectivity index (χ3v) is 5.28. The molecule has 0 aliphatic carbocycles. The highest BCUT2D eigenvalue weighted by Crippen LogP contribution is 2.28. The Morgan fingerprint density at radius 2 is 2.03 bits per heavy atom. The van der Waals surface area contributed by atoms with Gasteiger partial charge < -0.3 is 15.4 Å². The first kappa shape index (κ1) is 21.5. The fourth-order valence-corrected chi connectivity index (χ4v) is 3.53. The summed E-state index contributed by atoms with van der Waals surface area (Å²) in [6.07, 6.45) is 2.12. The molecule has 166 valence electrons. The van der Waals surface area contributed by atoms with Gasteiger partial charge in [0.15, 0.2) is 5.82 Å². The Bertz CT molecular complexity index is 1120. The number of aromatic amines is 1. The van der Waals surface area contributed by atoms with Crippen LogP contribution in [0.25, 0.3) is 11.4 Å². The fraction of sp³-hybridized carbons (Fsp3) is 0.333. The number of benzene rings is 2. The van der Waals surface area contributed by atoms with Crippen LogP contribution in [0.5, 0.6) is 5.75 Å². The van der Waals surface area contributed by atoms with Gasteiger partial charge in [-0.2, -0.15) is 5.10 Å². The Labute approximate surface area is 186 Å². The molecule has 1 aliphatic heterocycles. The lowest BCUT2D eigenvalue weighted by molar-refractivity contribution is -0.117. The molecule has 0 atom stereocenters. The van der Waals surface area contributed by atoms with Crippen LogP contribution >= 0.6 is 0 Å². The van der Waals surface area contributed by atoms with Crippen molar-refractivity contribution in [1.29, 1.82) is 0 Å². The van der Waals surface area contributed by atoms with Crippen LogP contribution in [0.4, 0.5) is 11.4 Å². The van der Waals surface area contributed by atoms with Gasteiger partial charge in [-0.15, -0.1) is 0 Å². The van der Waals surface area contributed by atoms with Crippen molar-refractivity contribution in [3.05, 3.63) is 53.9 Å². The number of aromatic nitrogens is 3. The summed E-state index contributed by atoms with van der Waals surface area (Å²) in [6, 6.07) is 13.2. The number of nitrogens with zero attached hydrogens (tertiary/aromatic N) is 2. The fourth-order valence-electron chi connectivity index (χ4n) is 3.53. The summed E-state index contributed by atoms with van der Waals surface area (Å²) in [5.74, 6) is 2.32. The van der Waals surface area contributed by atoms with E-state index in [2.05, 4.69) is 25.8 Å². The number of fused-ring (bicyclic) bond motifs is 1. The lowest BCUT2D eigenvalue weighted by Gasteiger charge is -2.17. The summed E-state index contributed by atoms with van der Waals surface area (Å²) < 4.78 is 5.80. The van der Waals surface area contributed by atoms with Gasteiger partial charge in [-0.25, -0.2) is 4.98 Å². The molecule has 0 spiro atoms. The largest absolute Gasteiger partial charge is 0.494 e. The first-order chi connectivity index (χ1) is 15.5. The molecular weight excluding hydrogens is 406 g/mol. The molecule has 1 aromatic heterocycles. The normalized spacial score (nSPS) is 12.9. The number of aryl methyl sites for hydroxylation is 1. The SMILES string of the molecule is CC(C)c1nc(-c2ccccc2NC(=O)CCCOc2ccc3c(c2)CCC(=O)N3)n[nH]1. The second-order valence-corrected chi connectivity index (χ2v) is 8.11. The number of nitrogens with one attached hydrogen (secondary N) is 3. The molecule has 32 heavy (non-hydrogen) atoms. The molecular formula is C24H27N5O3. The number of amides is 2. The van der Waals surface area contributed by atoms with E-state index in [1.54, 1.807) is 0 Å². The summed E-state index contributed by atoms with van der Waals surface area (Å²) in [7, 11) is 0. The summed E-state index contributed by atoms with van der Waals surface area (Å²) >= 11 is 0. The number of H-pyrrole nitrogens is 1. The molecule has 2 amide bonds. The maximum Gasteiger partial charge on any atom is 0.224 e. The zero-order chi connectivity index (χ0) is 22.5. The predicted octanol–water partition coefficient (Wildman–Crippen LogP) is 4.28. The molecule has 2 heterocycles. The second kappa shape index (κ2) is 9.64. The van der Waals surface area contributed by atoms with E-state index in [1.165, 1.54) is 0 Å². The number of carbonyl (C=O) groups excluding carboxylic acids is 2. The van der Waals surface area contributed by atoms with E-state index in [0.29, 0.717) is 43.8 Å². The van der Waals surface area contributed by atoms with Crippen molar-refractivity contribution in [2.75, 3.05) is 17.2 Å². The van der Waals surface area contributed by atoms with Gasteiger partial charge in [0.1, 0.15) is 11.6 Å². The number of hydrogen-bond donors (Lipinski definition) is 3. The highest BCUT2D eigenvalue weighted by atomic mass is 16.5. The minimum atomic E-state index is -0.0891. The number of anilines is 2. The second-order valence-electron chi connectivity index (χ2n) is 8.11. The van der Waals surface area contributed by atoms with E-state index in [-0.39, 0.29) is 17.7 Å². The molecule has 3 N–H and O–H groups in total. The van der Waals surface area contributed by atoms with Crippen molar-refractivity contribution in [3.63, 3.8) is 0 Å². The van der Waals surface area contributed by atoms with Crippen LogP contribution in [-0.4, -0.2) is 33.6 Å². The van der Waals surface area contributed by atoms with Crippen LogP contribution in [-0.2, 0) is 16.0 Å². The zero-order valence-corrected chi connectivity index (χ0v) is 18.3. The van der Waals surface area contributed by atoms with Crippen LogP contribution in [0.1, 0.15) is 50.4 Å². The Kier molecular flexibility index (Phi) is 6.49. The third-order valence-electron chi connectivity index (χ3n) is 5.28. The molecule has 0 saturated carbocycles. The average Bonchev–Trinajstić information content (AvgIpc) is 3.28. The van der Waals surface area contributed by atoms with Crippen LogP contribution in [0.3, 0.4) is 0 Å². The van der Waals surface area contributed by atoms with E-state index >= 15 is 0 Å². The van der Waals surface area contributed by atoms with Crippen LogP contribution in [0, 0.1) is 0 Å². The van der Waals surface area contributed by atoms with Gasteiger partial charge in [0.25, 0.3) is 0 Å². The molecule has 0 saturated heterocycles. The lowest BCUT2D eigenvalue weighted by Crippen LogP contribution is -2.18. The molecule has 2 aromatic carbocycles. The molecule has 8 heteroatoms. The average molecular weight is 434 g/mol. The lowest BCUT2D eigenvalue weighted by atomic mass is 10.0. The van der Waals surface area contributed by atoms with Gasteiger partial charge >= 0.3 is 0 Å². The summed E-state index contributed by atoms with van der Waals surface area (Å²) in [4.78, 5) is 28.5. The number of rotatable bonds is 8. The third kappa shape index (κ3) is 5.14. The van der Waals surface area contributed by atoms with Crippen molar-refractivity contribution in [2.24, 2.45) is 0 Å². The van der Waals surface area contributed by atoms with Gasteiger partial charge in [-0.05, 0) is 48.7 Å². The summed E-state index contributed by atoms with van der Waals surface area (Å²) in [5.41, 5.74) is 3.38. The maximum atomic E-state index is 12.5. The van der Waals surface area contributed by atoms with Gasteiger partial charge in [0.05, 0.1) is 12.3 Å². The van der Waals surface area contributed by atoms with Crippen molar-refractivity contribution < 1.29 is 14.3 Å². The number of ether oxygens (including phenoxy) is 1. The van der Waals surface area contributed by atoms with E-state index < -0.39 is 0 Å². The quantitative estimate of drug-likeness (QED) is 0.460. The van der Waals surface area contributed by atoms with Gasteiger partial charge in [-0.1, -0.05) is 26.0 Å². The van der Waals surface area contributed by atoms with Gasteiger partial charge in [0, 0.05) is 30.0 Å². The van der Waals surface area contributed by atoms with Crippen molar-refractivity contribution in [3.8, 4) is 17.1 Å². The van der Waals surface area contributed by atoms with Crippen molar-refractivity contribution >= 4 is 23.2 Å². The smallest absolute Gasteiger partial charge is 0.224 e. The molecule has 8 nitrogen and oxygen atoms in total. The number of para-hydroxylation sites is 1. The van der Waals surface area contributed by atoms with Crippen LogP contribution < -0.4 is 15.4 Å². The first-order valence-corrected chi connectivity index (χ1v) is 10.9. The highest BCUT2D eigenvalue weighted by molar-refractivity contribution is 5.95. The van der Waals surface area contributed by atoms with E-state index in [9.17, 15) is 9.59 Å². The Morgan fingerprint density at radius 1 is 1.19 bits per heavy atom. The van der Waals surface area contributed by atoms with E-state index in [1.807, 2.05) is 56.3 Å².